The van der Waals surface area contributed by atoms with Gasteiger partial charge < -0.3 is 4.90 Å². The summed E-state index contributed by atoms with van der Waals surface area (Å²) in [6.07, 6.45) is 0.546. The van der Waals surface area contributed by atoms with Gasteiger partial charge in [0, 0.05) is 19.2 Å². The Hall–Kier alpha value is -1.31. The highest BCUT2D eigenvalue weighted by Gasteiger charge is 2.07. The molecule has 0 aliphatic rings. The van der Waals surface area contributed by atoms with Crippen molar-refractivity contribution in [3.63, 3.8) is 0 Å². The second-order valence-corrected chi connectivity index (χ2v) is 3.15. The van der Waals surface area contributed by atoms with E-state index in [-0.39, 0.29) is 5.91 Å². The molecule has 2 heteroatoms. The summed E-state index contributed by atoms with van der Waals surface area (Å²) < 4.78 is 0. The van der Waals surface area contributed by atoms with Gasteiger partial charge in [-0.05, 0) is 24.6 Å². The van der Waals surface area contributed by atoms with Crippen molar-refractivity contribution in [2.24, 2.45) is 0 Å². The maximum absolute atomic E-state index is 11.3. The Morgan fingerprint density at radius 3 is 2.69 bits per heavy atom. The number of rotatable bonds is 2. The molecule has 13 heavy (non-hydrogen) atoms. The molecule has 0 bridgehead atoms. The molecule has 1 amide bonds. The van der Waals surface area contributed by atoms with Gasteiger partial charge in [0.1, 0.15) is 0 Å². The van der Waals surface area contributed by atoms with Gasteiger partial charge in [-0.3, -0.25) is 4.79 Å². The van der Waals surface area contributed by atoms with E-state index in [9.17, 15) is 4.79 Å². The quantitative estimate of drug-likeness (QED) is 0.679. The van der Waals surface area contributed by atoms with Gasteiger partial charge in [-0.25, -0.2) is 0 Å². The largest absolute Gasteiger partial charge is 0.316 e. The third-order valence-corrected chi connectivity index (χ3v) is 2.07. The van der Waals surface area contributed by atoms with E-state index in [0.717, 1.165) is 5.69 Å². The van der Waals surface area contributed by atoms with Crippen molar-refractivity contribution in [2.75, 3.05) is 11.9 Å². The number of benzene rings is 1. The van der Waals surface area contributed by atoms with E-state index in [1.165, 1.54) is 5.56 Å². The van der Waals surface area contributed by atoms with E-state index in [1.54, 1.807) is 11.9 Å². The van der Waals surface area contributed by atoms with Crippen molar-refractivity contribution >= 4 is 11.6 Å². The van der Waals surface area contributed by atoms with Gasteiger partial charge >= 0.3 is 0 Å². The monoisotopic (exact) mass is 177 g/mol. The van der Waals surface area contributed by atoms with Crippen LogP contribution in [0.1, 0.15) is 18.9 Å². The van der Waals surface area contributed by atoms with Gasteiger partial charge in [-0.15, -0.1) is 0 Å². The molecule has 0 N–H and O–H groups in total. The smallest absolute Gasteiger partial charge is 0.226 e. The molecule has 0 aliphatic carbocycles. The lowest BCUT2D eigenvalue weighted by Crippen LogP contribution is -2.24. The van der Waals surface area contributed by atoms with E-state index in [2.05, 4.69) is 0 Å². The first-order chi connectivity index (χ1) is 6.15. The van der Waals surface area contributed by atoms with Gasteiger partial charge in [0.15, 0.2) is 0 Å². The van der Waals surface area contributed by atoms with Crippen LogP contribution in [0, 0.1) is 6.92 Å². The molecule has 0 saturated carbocycles. The zero-order valence-corrected chi connectivity index (χ0v) is 8.37. The summed E-state index contributed by atoms with van der Waals surface area (Å²) in [6.45, 7) is 3.89. The first-order valence-corrected chi connectivity index (χ1v) is 4.48. The summed E-state index contributed by atoms with van der Waals surface area (Å²) in [5, 5.41) is 0. The van der Waals surface area contributed by atoms with E-state index in [1.807, 2.05) is 38.1 Å². The second-order valence-electron chi connectivity index (χ2n) is 3.15. The van der Waals surface area contributed by atoms with Crippen molar-refractivity contribution in [1.82, 2.24) is 0 Å². The zero-order chi connectivity index (χ0) is 9.84. The van der Waals surface area contributed by atoms with E-state index in [0.29, 0.717) is 6.42 Å². The fraction of sp³-hybridized carbons (Fsp3) is 0.364. The van der Waals surface area contributed by atoms with E-state index >= 15 is 0 Å². The number of aryl methyl sites for hydroxylation is 1. The highest BCUT2D eigenvalue weighted by Crippen LogP contribution is 2.14. The van der Waals surface area contributed by atoms with E-state index < -0.39 is 0 Å². The van der Waals surface area contributed by atoms with Crippen molar-refractivity contribution in [2.45, 2.75) is 20.3 Å². The predicted molar refractivity (Wildman–Crippen MR) is 54.9 cm³/mol. The van der Waals surface area contributed by atoms with Crippen LogP contribution in [-0.2, 0) is 4.79 Å². The van der Waals surface area contributed by atoms with Crippen molar-refractivity contribution < 1.29 is 4.79 Å². The molecule has 0 heterocycles. The Labute approximate surface area is 79.2 Å². The third kappa shape index (κ3) is 2.31. The van der Waals surface area contributed by atoms with Gasteiger partial charge in [0.25, 0.3) is 0 Å². The first kappa shape index (κ1) is 9.78. The lowest BCUT2D eigenvalue weighted by atomic mass is 10.2. The summed E-state index contributed by atoms with van der Waals surface area (Å²) in [5.74, 6) is 0.144. The van der Waals surface area contributed by atoms with Crippen LogP contribution in [0.4, 0.5) is 5.69 Å². The minimum atomic E-state index is 0.144. The topological polar surface area (TPSA) is 20.3 Å². The summed E-state index contributed by atoms with van der Waals surface area (Å²) in [7, 11) is 1.81. The Kier molecular flexibility index (Phi) is 3.07. The normalized spacial score (nSPS) is 9.77. The van der Waals surface area contributed by atoms with Crippen LogP contribution in [0.15, 0.2) is 24.3 Å². The molecule has 1 aromatic carbocycles. The van der Waals surface area contributed by atoms with Gasteiger partial charge in [-0.2, -0.15) is 0 Å². The van der Waals surface area contributed by atoms with Crippen LogP contribution in [-0.4, -0.2) is 13.0 Å². The Bertz CT molecular complexity index is 307. The SMILES string of the molecule is CCC(=O)N(C)c1cccc(C)c1. The maximum atomic E-state index is 11.3. The number of carbonyl (C=O) groups is 1. The average molecular weight is 177 g/mol. The Balaban J connectivity index is 2.88. The predicted octanol–water partition coefficient (Wildman–Crippen LogP) is 2.37. The molecule has 0 unspecified atom stereocenters. The zero-order valence-electron chi connectivity index (χ0n) is 8.37. The minimum Gasteiger partial charge on any atom is -0.316 e. The fourth-order valence-electron chi connectivity index (χ4n) is 1.22. The lowest BCUT2D eigenvalue weighted by molar-refractivity contribution is -0.118. The van der Waals surface area contributed by atoms with Crippen LogP contribution >= 0.6 is 0 Å². The number of hydrogen-bond donors (Lipinski definition) is 0. The number of amides is 1. The number of anilines is 1. The molecule has 0 saturated heterocycles. The maximum Gasteiger partial charge on any atom is 0.226 e. The summed E-state index contributed by atoms with van der Waals surface area (Å²) in [4.78, 5) is 13.0. The average Bonchev–Trinajstić information content (AvgIpc) is 2.15. The molecule has 70 valence electrons. The molecule has 1 rings (SSSR count). The van der Waals surface area contributed by atoms with Gasteiger partial charge in [-0.1, -0.05) is 19.1 Å². The van der Waals surface area contributed by atoms with Crippen LogP contribution in [0.3, 0.4) is 0 Å². The summed E-state index contributed by atoms with van der Waals surface area (Å²) in [5.41, 5.74) is 2.14. The standard InChI is InChI=1S/C11H15NO/c1-4-11(13)12(3)10-7-5-6-9(2)8-10/h5-8H,4H2,1-3H3. The second kappa shape index (κ2) is 4.08. The Morgan fingerprint density at radius 1 is 1.46 bits per heavy atom. The molecular weight excluding hydrogens is 162 g/mol. The first-order valence-electron chi connectivity index (χ1n) is 4.48. The van der Waals surface area contributed by atoms with Crippen LogP contribution in [0.2, 0.25) is 0 Å². The van der Waals surface area contributed by atoms with Crippen LogP contribution in [0.25, 0.3) is 0 Å². The van der Waals surface area contributed by atoms with Crippen molar-refractivity contribution in [3.8, 4) is 0 Å². The molecule has 1 aromatic rings. The molecule has 2 nitrogen and oxygen atoms in total. The van der Waals surface area contributed by atoms with Crippen LogP contribution in [0.5, 0.6) is 0 Å². The highest BCUT2D eigenvalue weighted by atomic mass is 16.2. The minimum absolute atomic E-state index is 0.144. The molecule has 0 aliphatic heterocycles. The molecule has 0 fully saturated rings. The van der Waals surface area contributed by atoms with E-state index in [4.69, 9.17) is 0 Å². The number of nitrogens with zero attached hydrogens (tertiary/aromatic N) is 1. The van der Waals surface area contributed by atoms with Gasteiger partial charge in [0.2, 0.25) is 5.91 Å². The van der Waals surface area contributed by atoms with Crippen LogP contribution < -0.4 is 4.90 Å². The number of carbonyl (C=O) groups excluding carboxylic acids is 1. The number of hydrogen-bond acceptors (Lipinski definition) is 1. The fourth-order valence-corrected chi connectivity index (χ4v) is 1.22. The van der Waals surface area contributed by atoms with Crippen molar-refractivity contribution in [3.05, 3.63) is 29.8 Å². The molecular formula is C11H15NO. The third-order valence-electron chi connectivity index (χ3n) is 2.07. The molecule has 0 atom stereocenters. The molecule has 0 radical (unpaired) electrons. The highest BCUT2D eigenvalue weighted by molar-refractivity contribution is 5.92. The Morgan fingerprint density at radius 2 is 2.15 bits per heavy atom. The summed E-state index contributed by atoms with van der Waals surface area (Å²) >= 11 is 0. The van der Waals surface area contributed by atoms with Gasteiger partial charge in [0.05, 0.1) is 0 Å². The van der Waals surface area contributed by atoms with Crippen molar-refractivity contribution in [1.29, 1.82) is 0 Å². The lowest BCUT2D eigenvalue weighted by Gasteiger charge is -2.16. The summed E-state index contributed by atoms with van der Waals surface area (Å²) in [6, 6.07) is 7.94. The molecule has 0 spiro atoms. The molecule has 0 aromatic heterocycles.